The third kappa shape index (κ3) is 3.48. The number of hydrogen-bond donors (Lipinski definition) is 2. The van der Waals surface area contributed by atoms with E-state index in [1.54, 1.807) is 0 Å². The van der Waals surface area contributed by atoms with Gasteiger partial charge in [-0.15, -0.1) is 0 Å². The van der Waals surface area contributed by atoms with Crippen LogP contribution in [0.15, 0.2) is 18.2 Å². The SMILES string of the molecule is CNc1cc(C)ccc1C(=O)NC(C)C(C)C. The Balaban J connectivity index is 2.89. The second-order valence-electron chi connectivity index (χ2n) is 4.81. The minimum absolute atomic E-state index is 0.0180. The molecule has 0 aliphatic carbocycles. The van der Waals surface area contributed by atoms with Crippen molar-refractivity contribution in [3.05, 3.63) is 29.3 Å². The molecule has 0 spiro atoms. The summed E-state index contributed by atoms with van der Waals surface area (Å²) >= 11 is 0. The molecule has 1 atom stereocenters. The second-order valence-corrected chi connectivity index (χ2v) is 4.81. The molecule has 0 radical (unpaired) electrons. The average Bonchev–Trinajstić information content (AvgIpc) is 2.28. The highest BCUT2D eigenvalue weighted by molar-refractivity contribution is 5.99. The molecule has 0 aliphatic rings. The molecule has 1 rings (SSSR count). The zero-order valence-corrected chi connectivity index (χ0v) is 11.3. The number of carbonyl (C=O) groups is 1. The lowest BCUT2D eigenvalue weighted by Gasteiger charge is -2.18. The van der Waals surface area contributed by atoms with Crippen LogP contribution in [-0.2, 0) is 0 Å². The Morgan fingerprint density at radius 3 is 2.41 bits per heavy atom. The second kappa shape index (κ2) is 5.71. The number of aryl methyl sites for hydroxylation is 1. The lowest BCUT2D eigenvalue weighted by molar-refractivity contribution is 0.0931. The summed E-state index contributed by atoms with van der Waals surface area (Å²) in [5.74, 6) is 0.415. The number of rotatable bonds is 4. The minimum Gasteiger partial charge on any atom is -0.387 e. The highest BCUT2D eigenvalue weighted by Crippen LogP contribution is 2.17. The zero-order chi connectivity index (χ0) is 13.0. The van der Waals surface area contributed by atoms with Crippen LogP contribution < -0.4 is 10.6 Å². The van der Waals surface area contributed by atoms with Crippen molar-refractivity contribution in [2.45, 2.75) is 33.7 Å². The Kier molecular flexibility index (Phi) is 4.55. The van der Waals surface area contributed by atoms with Gasteiger partial charge >= 0.3 is 0 Å². The van der Waals surface area contributed by atoms with Gasteiger partial charge in [-0.1, -0.05) is 19.9 Å². The van der Waals surface area contributed by atoms with Crippen LogP contribution in [0.2, 0.25) is 0 Å². The summed E-state index contributed by atoms with van der Waals surface area (Å²) in [4.78, 5) is 12.1. The normalized spacial score (nSPS) is 12.4. The largest absolute Gasteiger partial charge is 0.387 e. The number of anilines is 1. The van der Waals surface area contributed by atoms with E-state index in [-0.39, 0.29) is 11.9 Å². The number of amides is 1. The van der Waals surface area contributed by atoms with Gasteiger partial charge in [-0.25, -0.2) is 0 Å². The molecule has 0 aromatic heterocycles. The molecule has 0 heterocycles. The fourth-order valence-corrected chi connectivity index (χ4v) is 1.51. The Bertz CT molecular complexity index is 399. The predicted molar refractivity (Wildman–Crippen MR) is 72.5 cm³/mol. The Labute approximate surface area is 104 Å². The summed E-state index contributed by atoms with van der Waals surface area (Å²) in [5, 5.41) is 6.07. The molecule has 1 aromatic rings. The maximum Gasteiger partial charge on any atom is 0.253 e. The Morgan fingerprint density at radius 2 is 1.88 bits per heavy atom. The van der Waals surface area contributed by atoms with Gasteiger partial charge in [0.05, 0.1) is 5.56 Å². The Morgan fingerprint density at radius 1 is 1.24 bits per heavy atom. The van der Waals surface area contributed by atoms with E-state index in [1.807, 2.05) is 39.1 Å². The van der Waals surface area contributed by atoms with Gasteiger partial charge in [0.1, 0.15) is 0 Å². The van der Waals surface area contributed by atoms with Gasteiger partial charge in [-0.3, -0.25) is 4.79 Å². The van der Waals surface area contributed by atoms with Crippen molar-refractivity contribution in [1.29, 1.82) is 0 Å². The first-order chi connectivity index (χ1) is 7.95. The summed E-state index contributed by atoms with van der Waals surface area (Å²) < 4.78 is 0. The molecule has 3 heteroatoms. The van der Waals surface area contributed by atoms with Crippen LogP contribution in [0.5, 0.6) is 0 Å². The topological polar surface area (TPSA) is 41.1 Å². The predicted octanol–water partition coefficient (Wildman–Crippen LogP) is 2.81. The molecule has 1 aromatic carbocycles. The van der Waals surface area contributed by atoms with Crippen LogP contribution in [0.1, 0.15) is 36.7 Å². The van der Waals surface area contributed by atoms with Gasteiger partial charge < -0.3 is 10.6 Å². The summed E-state index contributed by atoms with van der Waals surface area (Å²) in [6, 6.07) is 5.97. The molecule has 2 N–H and O–H groups in total. The fourth-order valence-electron chi connectivity index (χ4n) is 1.51. The number of carbonyl (C=O) groups excluding carboxylic acids is 1. The van der Waals surface area contributed by atoms with Crippen molar-refractivity contribution in [2.75, 3.05) is 12.4 Å². The van der Waals surface area contributed by atoms with Crippen molar-refractivity contribution in [3.63, 3.8) is 0 Å². The third-order valence-corrected chi connectivity index (χ3v) is 3.05. The van der Waals surface area contributed by atoms with E-state index >= 15 is 0 Å². The first-order valence-electron chi connectivity index (χ1n) is 6.05. The zero-order valence-electron chi connectivity index (χ0n) is 11.3. The van der Waals surface area contributed by atoms with Crippen LogP contribution >= 0.6 is 0 Å². The molecule has 0 saturated heterocycles. The van der Waals surface area contributed by atoms with Crippen molar-refractivity contribution in [1.82, 2.24) is 5.32 Å². The molecule has 0 bridgehead atoms. The first kappa shape index (κ1) is 13.6. The van der Waals surface area contributed by atoms with Gasteiger partial charge in [-0.2, -0.15) is 0 Å². The van der Waals surface area contributed by atoms with Gasteiger partial charge in [0.15, 0.2) is 0 Å². The highest BCUT2D eigenvalue weighted by Gasteiger charge is 2.15. The monoisotopic (exact) mass is 234 g/mol. The van der Waals surface area contributed by atoms with E-state index < -0.39 is 0 Å². The van der Waals surface area contributed by atoms with Crippen molar-refractivity contribution in [3.8, 4) is 0 Å². The molecule has 0 saturated carbocycles. The minimum atomic E-state index is -0.0180. The first-order valence-corrected chi connectivity index (χ1v) is 6.05. The lowest BCUT2D eigenvalue weighted by atomic mass is 10.0. The molecule has 0 fully saturated rings. The maximum atomic E-state index is 12.1. The molecular formula is C14H22N2O. The van der Waals surface area contributed by atoms with Crippen LogP contribution in [0.25, 0.3) is 0 Å². The average molecular weight is 234 g/mol. The number of benzene rings is 1. The standard InChI is InChI=1S/C14H22N2O/c1-9(2)11(4)16-14(17)12-7-6-10(3)8-13(12)15-5/h6-9,11,15H,1-5H3,(H,16,17). The van der Waals surface area contributed by atoms with Gasteiger partial charge in [-0.05, 0) is 37.5 Å². The van der Waals surface area contributed by atoms with E-state index in [0.717, 1.165) is 11.3 Å². The van der Waals surface area contributed by atoms with Gasteiger partial charge in [0.25, 0.3) is 5.91 Å². The van der Waals surface area contributed by atoms with E-state index in [0.29, 0.717) is 11.5 Å². The molecule has 1 unspecified atom stereocenters. The van der Waals surface area contributed by atoms with Crippen LogP contribution in [0.4, 0.5) is 5.69 Å². The highest BCUT2D eigenvalue weighted by atomic mass is 16.1. The number of hydrogen-bond acceptors (Lipinski definition) is 2. The van der Waals surface area contributed by atoms with Crippen molar-refractivity contribution < 1.29 is 4.79 Å². The van der Waals surface area contributed by atoms with E-state index in [4.69, 9.17) is 0 Å². The van der Waals surface area contributed by atoms with Crippen LogP contribution in [-0.4, -0.2) is 19.0 Å². The van der Waals surface area contributed by atoms with E-state index in [2.05, 4.69) is 24.5 Å². The van der Waals surface area contributed by atoms with Crippen LogP contribution in [0.3, 0.4) is 0 Å². The number of nitrogens with one attached hydrogen (secondary N) is 2. The van der Waals surface area contributed by atoms with Crippen molar-refractivity contribution in [2.24, 2.45) is 5.92 Å². The van der Waals surface area contributed by atoms with Gasteiger partial charge in [0, 0.05) is 18.8 Å². The smallest absolute Gasteiger partial charge is 0.253 e. The summed E-state index contributed by atoms with van der Waals surface area (Å²) in [6.07, 6.45) is 0. The molecule has 1 amide bonds. The summed E-state index contributed by atoms with van der Waals surface area (Å²) in [6.45, 7) is 8.23. The molecular weight excluding hydrogens is 212 g/mol. The summed E-state index contributed by atoms with van der Waals surface area (Å²) in [7, 11) is 1.83. The van der Waals surface area contributed by atoms with E-state index in [1.165, 1.54) is 0 Å². The summed E-state index contributed by atoms with van der Waals surface area (Å²) in [5.41, 5.74) is 2.71. The molecule has 17 heavy (non-hydrogen) atoms. The fraction of sp³-hybridized carbons (Fsp3) is 0.500. The molecule has 94 valence electrons. The maximum absolute atomic E-state index is 12.1. The molecule has 0 aliphatic heterocycles. The lowest BCUT2D eigenvalue weighted by Crippen LogP contribution is -2.36. The third-order valence-electron chi connectivity index (χ3n) is 3.05. The quantitative estimate of drug-likeness (QED) is 0.841. The molecule has 3 nitrogen and oxygen atoms in total. The van der Waals surface area contributed by atoms with Crippen LogP contribution in [0, 0.1) is 12.8 Å². The van der Waals surface area contributed by atoms with Gasteiger partial charge in [0.2, 0.25) is 0 Å². The Hall–Kier alpha value is -1.51. The van der Waals surface area contributed by atoms with E-state index in [9.17, 15) is 4.79 Å². The van der Waals surface area contributed by atoms with Crippen molar-refractivity contribution >= 4 is 11.6 Å².